The summed E-state index contributed by atoms with van der Waals surface area (Å²) in [6, 6.07) is 4.81. The molecule has 1 saturated heterocycles. The molecule has 0 spiro atoms. The molecule has 0 aliphatic carbocycles. The van der Waals surface area contributed by atoms with E-state index >= 15 is 0 Å². The number of hydrogen-bond acceptors (Lipinski definition) is 3. The summed E-state index contributed by atoms with van der Waals surface area (Å²) in [6.45, 7) is 3.79. The van der Waals surface area contributed by atoms with Gasteiger partial charge in [-0.05, 0) is 49.4 Å². The monoisotopic (exact) mass is 504 g/mol. The zero-order chi connectivity index (χ0) is 18.9. The van der Waals surface area contributed by atoms with Crippen molar-refractivity contribution < 1.29 is 13.9 Å². The number of halogens is 2. The van der Waals surface area contributed by atoms with Crippen LogP contribution in [0.25, 0.3) is 10.9 Å². The van der Waals surface area contributed by atoms with Gasteiger partial charge in [0.15, 0.2) is 5.96 Å². The molecule has 1 unspecified atom stereocenters. The second-order valence-electron chi connectivity index (χ2n) is 6.74. The molecule has 2 aromatic rings. The van der Waals surface area contributed by atoms with Gasteiger partial charge in [-0.25, -0.2) is 4.39 Å². The van der Waals surface area contributed by atoms with Crippen LogP contribution in [0.2, 0.25) is 0 Å². The Kier molecular flexibility index (Phi) is 10.0. The molecule has 0 bridgehead atoms. The Morgan fingerprint density at radius 2 is 2.21 bits per heavy atom. The Morgan fingerprint density at radius 1 is 1.36 bits per heavy atom. The molecule has 1 fully saturated rings. The number of nitrogens with zero attached hydrogens (tertiary/aromatic N) is 1. The first-order valence-electron chi connectivity index (χ1n) is 9.65. The number of aromatic nitrogens is 1. The second-order valence-corrected chi connectivity index (χ2v) is 6.74. The largest absolute Gasteiger partial charge is 0.379 e. The fourth-order valence-corrected chi connectivity index (χ4v) is 3.27. The van der Waals surface area contributed by atoms with Crippen LogP contribution >= 0.6 is 24.0 Å². The van der Waals surface area contributed by atoms with Crippen LogP contribution in [0.15, 0.2) is 29.4 Å². The predicted octanol–water partition coefficient (Wildman–Crippen LogP) is 3.22. The lowest BCUT2D eigenvalue weighted by Gasteiger charge is -2.13. The fraction of sp³-hybridized carbons (Fsp3) is 0.550. The maximum atomic E-state index is 13.4. The number of fused-ring (bicyclic) bond motifs is 1. The summed E-state index contributed by atoms with van der Waals surface area (Å²) >= 11 is 0. The first-order valence-corrected chi connectivity index (χ1v) is 9.65. The van der Waals surface area contributed by atoms with Gasteiger partial charge in [-0.3, -0.25) is 4.99 Å². The molecule has 0 saturated carbocycles. The molecular formula is C20H30FIN4O2. The van der Waals surface area contributed by atoms with E-state index in [4.69, 9.17) is 9.47 Å². The third-order valence-electron chi connectivity index (χ3n) is 4.73. The van der Waals surface area contributed by atoms with Crippen LogP contribution in [0.5, 0.6) is 0 Å². The number of guanidine groups is 1. The van der Waals surface area contributed by atoms with Gasteiger partial charge in [-0.15, -0.1) is 24.0 Å². The van der Waals surface area contributed by atoms with E-state index in [2.05, 4.69) is 20.6 Å². The average molecular weight is 504 g/mol. The second kappa shape index (κ2) is 12.2. The fourth-order valence-electron chi connectivity index (χ4n) is 3.27. The number of ether oxygens (including phenoxy) is 2. The van der Waals surface area contributed by atoms with Crippen molar-refractivity contribution in [1.82, 2.24) is 15.6 Å². The van der Waals surface area contributed by atoms with Gasteiger partial charge in [0, 0.05) is 50.5 Å². The Bertz CT molecular complexity index is 747. The quantitative estimate of drug-likeness (QED) is 0.212. The van der Waals surface area contributed by atoms with Crippen LogP contribution < -0.4 is 10.6 Å². The minimum atomic E-state index is -0.213. The van der Waals surface area contributed by atoms with Crippen LogP contribution in [0.1, 0.15) is 24.8 Å². The van der Waals surface area contributed by atoms with E-state index in [-0.39, 0.29) is 35.9 Å². The van der Waals surface area contributed by atoms with Gasteiger partial charge in [-0.1, -0.05) is 0 Å². The average Bonchev–Trinajstić information content (AvgIpc) is 3.33. The first-order chi connectivity index (χ1) is 13.3. The number of benzene rings is 1. The molecule has 1 aliphatic heterocycles. The van der Waals surface area contributed by atoms with Gasteiger partial charge in [0.2, 0.25) is 0 Å². The standard InChI is InChI=1S/C20H29FN4O2.HI/c1-22-20(23-8-3-10-26-14-17-4-2-11-27-17)24-9-7-15-13-25-19-6-5-16(21)12-18(15)19;/h5-6,12-13,17,25H,2-4,7-11,14H2,1H3,(H2,22,23,24);1H. The van der Waals surface area contributed by atoms with E-state index in [0.717, 1.165) is 67.8 Å². The summed E-state index contributed by atoms with van der Waals surface area (Å²) < 4.78 is 24.6. The van der Waals surface area contributed by atoms with E-state index in [0.29, 0.717) is 13.2 Å². The van der Waals surface area contributed by atoms with Crippen molar-refractivity contribution >= 4 is 40.8 Å². The molecule has 1 aromatic heterocycles. The Labute approximate surface area is 182 Å². The van der Waals surface area contributed by atoms with Crippen molar-refractivity contribution in [1.29, 1.82) is 0 Å². The van der Waals surface area contributed by atoms with Gasteiger partial charge >= 0.3 is 0 Å². The van der Waals surface area contributed by atoms with Crippen molar-refractivity contribution in [2.75, 3.05) is 40.0 Å². The van der Waals surface area contributed by atoms with E-state index in [9.17, 15) is 4.39 Å². The van der Waals surface area contributed by atoms with Crippen molar-refractivity contribution in [2.45, 2.75) is 31.8 Å². The normalized spacial score (nSPS) is 16.9. The minimum Gasteiger partial charge on any atom is -0.379 e. The molecule has 1 aliphatic rings. The van der Waals surface area contributed by atoms with E-state index in [1.54, 1.807) is 19.2 Å². The number of aromatic amines is 1. The molecule has 0 radical (unpaired) electrons. The third kappa shape index (κ3) is 6.89. The molecule has 1 aromatic carbocycles. The molecule has 8 heteroatoms. The molecule has 156 valence electrons. The van der Waals surface area contributed by atoms with Crippen LogP contribution in [-0.4, -0.2) is 57.0 Å². The predicted molar refractivity (Wildman–Crippen MR) is 121 cm³/mol. The van der Waals surface area contributed by atoms with Gasteiger partial charge in [0.05, 0.1) is 12.7 Å². The zero-order valence-electron chi connectivity index (χ0n) is 16.3. The lowest BCUT2D eigenvalue weighted by Crippen LogP contribution is -2.39. The summed E-state index contributed by atoms with van der Waals surface area (Å²) in [4.78, 5) is 7.41. The summed E-state index contributed by atoms with van der Waals surface area (Å²) in [5, 5.41) is 7.51. The third-order valence-corrected chi connectivity index (χ3v) is 4.73. The van der Waals surface area contributed by atoms with Crippen molar-refractivity contribution in [2.24, 2.45) is 4.99 Å². The molecule has 3 rings (SSSR count). The minimum absolute atomic E-state index is 0. The van der Waals surface area contributed by atoms with Crippen molar-refractivity contribution in [3.8, 4) is 0 Å². The van der Waals surface area contributed by atoms with Gasteiger partial charge < -0.3 is 25.1 Å². The molecule has 0 amide bonds. The van der Waals surface area contributed by atoms with E-state index < -0.39 is 0 Å². The maximum absolute atomic E-state index is 13.4. The summed E-state index contributed by atoms with van der Waals surface area (Å²) in [6.07, 6.45) is 6.17. The highest BCUT2D eigenvalue weighted by Gasteiger charge is 2.14. The maximum Gasteiger partial charge on any atom is 0.190 e. The smallest absolute Gasteiger partial charge is 0.190 e. The Balaban J connectivity index is 0.00000280. The SMILES string of the molecule is CN=C(NCCCOCC1CCCO1)NCCc1c[nH]c2ccc(F)cc12.I. The zero-order valence-corrected chi connectivity index (χ0v) is 18.6. The van der Waals surface area contributed by atoms with E-state index in [1.165, 1.54) is 6.07 Å². The molecule has 28 heavy (non-hydrogen) atoms. The van der Waals surface area contributed by atoms with Crippen molar-refractivity contribution in [3.05, 3.63) is 35.8 Å². The Morgan fingerprint density at radius 3 is 3.00 bits per heavy atom. The lowest BCUT2D eigenvalue weighted by atomic mass is 10.1. The van der Waals surface area contributed by atoms with Gasteiger partial charge in [0.25, 0.3) is 0 Å². The number of rotatable bonds is 9. The van der Waals surface area contributed by atoms with Crippen LogP contribution in [-0.2, 0) is 15.9 Å². The molecular weight excluding hydrogens is 474 g/mol. The Hall–Kier alpha value is -1.39. The molecule has 1 atom stereocenters. The number of nitrogens with one attached hydrogen (secondary N) is 3. The van der Waals surface area contributed by atoms with Crippen LogP contribution in [0, 0.1) is 5.82 Å². The molecule has 3 N–H and O–H groups in total. The highest BCUT2D eigenvalue weighted by atomic mass is 127. The number of hydrogen-bond donors (Lipinski definition) is 3. The number of H-pyrrole nitrogens is 1. The van der Waals surface area contributed by atoms with Crippen molar-refractivity contribution in [3.63, 3.8) is 0 Å². The summed E-state index contributed by atoms with van der Waals surface area (Å²) in [7, 11) is 1.75. The topological polar surface area (TPSA) is 70.7 Å². The highest BCUT2D eigenvalue weighted by molar-refractivity contribution is 14.0. The first kappa shape index (κ1) is 22.9. The molecule has 6 nitrogen and oxygen atoms in total. The van der Waals surface area contributed by atoms with Crippen LogP contribution in [0.4, 0.5) is 4.39 Å². The summed E-state index contributed by atoms with van der Waals surface area (Å²) in [5.41, 5.74) is 2.05. The molecule has 2 heterocycles. The number of aliphatic imine (C=N–C) groups is 1. The summed E-state index contributed by atoms with van der Waals surface area (Å²) in [5.74, 6) is 0.552. The van der Waals surface area contributed by atoms with Crippen LogP contribution in [0.3, 0.4) is 0 Å². The van der Waals surface area contributed by atoms with Gasteiger partial charge in [-0.2, -0.15) is 0 Å². The highest BCUT2D eigenvalue weighted by Crippen LogP contribution is 2.19. The van der Waals surface area contributed by atoms with E-state index in [1.807, 2.05) is 6.20 Å². The van der Waals surface area contributed by atoms with Gasteiger partial charge in [0.1, 0.15) is 5.82 Å². The lowest BCUT2D eigenvalue weighted by molar-refractivity contribution is 0.0168.